The molecule has 1 aromatic carbocycles. The molecular formula is C13H17FN2O. The van der Waals surface area contributed by atoms with Gasteiger partial charge in [-0.2, -0.15) is 0 Å². The Bertz CT molecular complexity index is 398. The second kappa shape index (κ2) is 4.84. The van der Waals surface area contributed by atoms with Crippen LogP contribution in [0.1, 0.15) is 31.2 Å². The van der Waals surface area contributed by atoms with Gasteiger partial charge in [-0.1, -0.05) is 12.1 Å². The van der Waals surface area contributed by atoms with Crippen molar-refractivity contribution in [3.05, 3.63) is 35.6 Å². The molecule has 0 aliphatic heterocycles. The predicted molar refractivity (Wildman–Crippen MR) is 63.6 cm³/mol. The summed E-state index contributed by atoms with van der Waals surface area (Å²) in [6, 6.07) is 6.10. The zero-order valence-electron chi connectivity index (χ0n) is 9.71. The first-order valence-electron chi connectivity index (χ1n) is 5.87. The molecule has 0 radical (unpaired) electrons. The number of nitrogens with one attached hydrogen (secondary N) is 1. The number of carbonyl (C=O) groups excluding carboxylic acids is 1. The topological polar surface area (TPSA) is 55.1 Å². The maximum absolute atomic E-state index is 12.7. The molecule has 1 saturated carbocycles. The quantitative estimate of drug-likeness (QED) is 0.836. The Kier molecular flexibility index (Phi) is 3.43. The molecule has 0 spiro atoms. The molecule has 17 heavy (non-hydrogen) atoms. The van der Waals surface area contributed by atoms with Crippen molar-refractivity contribution in [2.75, 3.05) is 0 Å². The SMILES string of the molecule is NC1(CC(=O)NCc2ccc(F)cc2)CCC1. The summed E-state index contributed by atoms with van der Waals surface area (Å²) in [5.41, 5.74) is 6.59. The van der Waals surface area contributed by atoms with Crippen LogP contribution in [0.5, 0.6) is 0 Å². The van der Waals surface area contributed by atoms with Crippen LogP contribution in [0.15, 0.2) is 24.3 Å². The van der Waals surface area contributed by atoms with E-state index in [1.54, 1.807) is 12.1 Å². The Balaban J connectivity index is 1.78. The van der Waals surface area contributed by atoms with Crippen LogP contribution in [0.3, 0.4) is 0 Å². The standard InChI is InChI=1S/C13H17FN2O/c14-11-4-2-10(3-5-11)9-16-12(17)8-13(15)6-1-7-13/h2-5H,1,6-9,15H2,(H,16,17). The van der Waals surface area contributed by atoms with Gasteiger partial charge in [0.15, 0.2) is 0 Å². The van der Waals surface area contributed by atoms with Crippen molar-refractivity contribution < 1.29 is 9.18 Å². The molecule has 1 aliphatic carbocycles. The number of rotatable bonds is 4. The fraction of sp³-hybridized carbons (Fsp3) is 0.462. The fourth-order valence-electron chi connectivity index (χ4n) is 1.99. The zero-order chi connectivity index (χ0) is 12.3. The van der Waals surface area contributed by atoms with Gasteiger partial charge in [0.1, 0.15) is 5.82 Å². The minimum absolute atomic E-state index is 0.0310. The van der Waals surface area contributed by atoms with E-state index in [1.807, 2.05) is 0 Å². The normalized spacial score (nSPS) is 17.3. The van der Waals surface area contributed by atoms with E-state index < -0.39 is 0 Å². The molecule has 0 atom stereocenters. The summed E-state index contributed by atoms with van der Waals surface area (Å²) < 4.78 is 12.7. The van der Waals surface area contributed by atoms with E-state index >= 15 is 0 Å². The summed E-state index contributed by atoms with van der Waals surface area (Å²) in [7, 11) is 0. The molecule has 1 fully saturated rings. The summed E-state index contributed by atoms with van der Waals surface area (Å²) in [6.45, 7) is 0.426. The molecule has 0 unspecified atom stereocenters. The van der Waals surface area contributed by atoms with Gasteiger partial charge in [-0.05, 0) is 37.0 Å². The van der Waals surface area contributed by atoms with Crippen LogP contribution < -0.4 is 11.1 Å². The van der Waals surface area contributed by atoms with Gasteiger partial charge in [0.2, 0.25) is 5.91 Å². The van der Waals surface area contributed by atoms with Crippen molar-refractivity contribution in [3.63, 3.8) is 0 Å². The van der Waals surface area contributed by atoms with E-state index in [0.717, 1.165) is 24.8 Å². The maximum atomic E-state index is 12.7. The number of amides is 1. The first-order chi connectivity index (χ1) is 8.07. The van der Waals surface area contributed by atoms with Crippen LogP contribution in [0.4, 0.5) is 4.39 Å². The Labute approximate surface area is 100 Å². The second-order valence-corrected chi connectivity index (χ2v) is 4.80. The van der Waals surface area contributed by atoms with Crippen molar-refractivity contribution in [3.8, 4) is 0 Å². The predicted octanol–water partition coefficient (Wildman–Crippen LogP) is 1.71. The fourth-order valence-corrected chi connectivity index (χ4v) is 1.99. The molecule has 3 nitrogen and oxygen atoms in total. The number of hydrogen-bond donors (Lipinski definition) is 2. The van der Waals surface area contributed by atoms with Crippen molar-refractivity contribution >= 4 is 5.91 Å². The second-order valence-electron chi connectivity index (χ2n) is 4.80. The lowest BCUT2D eigenvalue weighted by atomic mass is 9.75. The van der Waals surface area contributed by atoms with Crippen LogP contribution in [-0.4, -0.2) is 11.4 Å². The van der Waals surface area contributed by atoms with E-state index in [0.29, 0.717) is 13.0 Å². The Morgan fingerprint density at radius 3 is 2.53 bits per heavy atom. The third-order valence-corrected chi connectivity index (χ3v) is 3.26. The summed E-state index contributed by atoms with van der Waals surface area (Å²) in [5, 5.41) is 2.80. The Morgan fingerprint density at radius 1 is 1.35 bits per heavy atom. The lowest BCUT2D eigenvalue weighted by Crippen LogP contribution is -2.49. The average Bonchev–Trinajstić information content (AvgIpc) is 2.26. The van der Waals surface area contributed by atoms with Crippen molar-refractivity contribution in [1.29, 1.82) is 0 Å². The van der Waals surface area contributed by atoms with Gasteiger partial charge in [-0.15, -0.1) is 0 Å². The summed E-state index contributed by atoms with van der Waals surface area (Å²) >= 11 is 0. The Hall–Kier alpha value is -1.42. The van der Waals surface area contributed by atoms with E-state index in [1.165, 1.54) is 12.1 Å². The first kappa shape index (κ1) is 12.0. The number of carbonyl (C=O) groups is 1. The van der Waals surface area contributed by atoms with Gasteiger partial charge < -0.3 is 11.1 Å². The largest absolute Gasteiger partial charge is 0.352 e. The lowest BCUT2D eigenvalue weighted by Gasteiger charge is -2.37. The summed E-state index contributed by atoms with van der Waals surface area (Å²) in [6.07, 6.45) is 3.35. The van der Waals surface area contributed by atoms with Crippen LogP contribution in [0.25, 0.3) is 0 Å². The third kappa shape index (κ3) is 3.27. The number of halogens is 1. The first-order valence-corrected chi connectivity index (χ1v) is 5.87. The molecule has 3 N–H and O–H groups in total. The molecule has 2 rings (SSSR count). The smallest absolute Gasteiger partial charge is 0.222 e. The van der Waals surface area contributed by atoms with Gasteiger partial charge >= 0.3 is 0 Å². The molecule has 0 saturated heterocycles. The van der Waals surface area contributed by atoms with E-state index in [2.05, 4.69) is 5.32 Å². The molecular weight excluding hydrogens is 219 g/mol. The molecule has 4 heteroatoms. The van der Waals surface area contributed by atoms with Crippen LogP contribution >= 0.6 is 0 Å². The van der Waals surface area contributed by atoms with Crippen LogP contribution in [-0.2, 0) is 11.3 Å². The third-order valence-electron chi connectivity index (χ3n) is 3.26. The molecule has 0 aromatic heterocycles. The monoisotopic (exact) mass is 236 g/mol. The van der Waals surface area contributed by atoms with Crippen LogP contribution in [0.2, 0.25) is 0 Å². The highest BCUT2D eigenvalue weighted by Crippen LogP contribution is 2.31. The van der Waals surface area contributed by atoms with Crippen molar-refractivity contribution in [2.24, 2.45) is 5.73 Å². The van der Waals surface area contributed by atoms with Gasteiger partial charge in [0.05, 0.1) is 0 Å². The molecule has 1 aliphatic rings. The maximum Gasteiger partial charge on any atom is 0.222 e. The van der Waals surface area contributed by atoms with E-state index in [9.17, 15) is 9.18 Å². The van der Waals surface area contributed by atoms with Crippen molar-refractivity contribution in [2.45, 2.75) is 37.8 Å². The minimum atomic E-state index is -0.285. The van der Waals surface area contributed by atoms with Gasteiger partial charge in [-0.3, -0.25) is 4.79 Å². The molecule has 1 amide bonds. The van der Waals surface area contributed by atoms with Gasteiger partial charge in [-0.25, -0.2) is 4.39 Å². The van der Waals surface area contributed by atoms with Gasteiger partial charge in [0, 0.05) is 18.5 Å². The van der Waals surface area contributed by atoms with Gasteiger partial charge in [0.25, 0.3) is 0 Å². The molecule has 92 valence electrons. The summed E-state index contributed by atoms with van der Waals surface area (Å²) in [5.74, 6) is -0.299. The van der Waals surface area contributed by atoms with E-state index in [-0.39, 0.29) is 17.3 Å². The highest BCUT2D eigenvalue weighted by molar-refractivity contribution is 5.77. The highest BCUT2D eigenvalue weighted by atomic mass is 19.1. The van der Waals surface area contributed by atoms with Crippen molar-refractivity contribution in [1.82, 2.24) is 5.32 Å². The molecule has 1 aromatic rings. The number of benzene rings is 1. The van der Waals surface area contributed by atoms with E-state index in [4.69, 9.17) is 5.73 Å². The highest BCUT2D eigenvalue weighted by Gasteiger charge is 2.34. The number of hydrogen-bond acceptors (Lipinski definition) is 2. The minimum Gasteiger partial charge on any atom is -0.352 e. The van der Waals surface area contributed by atoms with Crippen LogP contribution in [0, 0.1) is 5.82 Å². The molecule has 0 bridgehead atoms. The lowest BCUT2D eigenvalue weighted by molar-refractivity contribution is -0.123. The Morgan fingerprint density at radius 2 is 2.00 bits per heavy atom. The molecule has 0 heterocycles. The number of nitrogens with two attached hydrogens (primary N) is 1. The zero-order valence-corrected chi connectivity index (χ0v) is 9.71. The summed E-state index contributed by atoms with van der Waals surface area (Å²) in [4.78, 5) is 11.6. The average molecular weight is 236 g/mol.